The van der Waals surface area contributed by atoms with Crippen LogP contribution < -0.4 is 11.1 Å². The lowest BCUT2D eigenvalue weighted by atomic mass is 9.70. The average molecular weight is 249 g/mol. The zero-order valence-corrected chi connectivity index (χ0v) is 10.5. The van der Waals surface area contributed by atoms with Crippen LogP contribution in [0.1, 0.15) is 26.2 Å². The normalized spacial score (nSPS) is 31.4. The van der Waals surface area contributed by atoms with Crippen LogP contribution in [0, 0.1) is 11.3 Å². The highest BCUT2D eigenvalue weighted by molar-refractivity contribution is 5.85. The molecule has 2 atom stereocenters. The second-order valence-electron chi connectivity index (χ2n) is 5.19. The minimum Gasteiger partial charge on any atom is -0.379 e. The number of amides is 1. The summed E-state index contributed by atoms with van der Waals surface area (Å²) < 4.78 is 5.18. The number of ether oxygens (including phenoxy) is 1. The summed E-state index contributed by atoms with van der Waals surface area (Å²) in [6, 6.07) is -0.126. The first-order valence-corrected chi connectivity index (χ1v) is 5.72. The molecule has 2 unspecified atom stereocenters. The molecule has 0 aromatic rings. The third-order valence-electron chi connectivity index (χ3n) is 3.71. The summed E-state index contributed by atoms with van der Waals surface area (Å²) in [4.78, 5) is 11.8. The zero-order valence-electron chi connectivity index (χ0n) is 9.70. The molecule has 2 aliphatic rings. The van der Waals surface area contributed by atoms with Gasteiger partial charge in [-0.3, -0.25) is 4.79 Å². The van der Waals surface area contributed by atoms with Crippen molar-refractivity contribution in [2.45, 2.75) is 32.2 Å². The summed E-state index contributed by atoms with van der Waals surface area (Å²) in [5.74, 6) is -0.0817. The third-order valence-corrected chi connectivity index (χ3v) is 3.71. The molecule has 2 fully saturated rings. The van der Waals surface area contributed by atoms with Crippen molar-refractivity contribution in [1.29, 1.82) is 0 Å². The lowest BCUT2D eigenvalue weighted by molar-refractivity contribution is -0.126. The molecule has 0 spiro atoms. The topological polar surface area (TPSA) is 64.3 Å². The van der Waals surface area contributed by atoms with Gasteiger partial charge in [-0.05, 0) is 18.3 Å². The molecular weight excluding hydrogens is 228 g/mol. The smallest absolute Gasteiger partial charge is 0.227 e. The van der Waals surface area contributed by atoms with E-state index in [2.05, 4.69) is 12.2 Å². The second kappa shape index (κ2) is 5.34. The number of nitrogens with one attached hydrogen (secondary N) is 1. The molecule has 0 aromatic carbocycles. The Morgan fingerprint density at radius 1 is 1.50 bits per heavy atom. The van der Waals surface area contributed by atoms with Crippen molar-refractivity contribution < 1.29 is 9.53 Å². The van der Waals surface area contributed by atoms with Gasteiger partial charge in [0.05, 0.1) is 19.1 Å². The van der Waals surface area contributed by atoms with E-state index >= 15 is 0 Å². The molecule has 16 heavy (non-hydrogen) atoms. The molecule has 1 saturated carbocycles. The summed E-state index contributed by atoms with van der Waals surface area (Å²) in [6.45, 7) is 4.00. The van der Waals surface area contributed by atoms with Crippen LogP contribution in [0.2, 0.25) is 0 Å². The lowest BCUT2D eigenvalue weighted by Gasteiger charge is -2.38. The van der Waals surface area contributed by atoms with Crippen molar-refractivity contribution in [2.24, 2.45) is 17.1 Å². The van der Waals surface area contributed by atoms with E-state index < -0.39 is 0 Å². The van der Waals surface area contributed by atoms with E-state index in [1.54, 1.807) is 0 Å². The summed E-state index contributed by atoms with van der Waals surface area (Å²) in [5, 5.41) is 3.00. The Balaban J connectivity index is 0.00000128. The first-order chi connectivity index (χ1) is 7.11. The molecule has 1 aliphatic heterocycles. The Kier molecular flexibility index (Phi) is 4.59. The minimum absolute atomic E-state index is 0. The van der Waals surface area contributed by atoms with E-state index in [4.69, 9.17) is 10.5 Å². The standard InChI is InChI=1S/C11H20N2O2.ClH/c1-11(3-2-4-11)7-13-10(14)8-5-15-6-9(8)12;/h8-9H,2-7,12H2,1H3,(H,13,14);1H. The molecule has 0 radical (unpaired) electrons. The molecule has 0 bridgehead atoms. The first-order valence-electron chi connectivity index (χ1n) is 5.72. The van der Waals surface area contributed by atoms with Crippen molar-refractivity contribution in [2.75, 3.05) is 19.8 Å². The minimum atomic E-state index is -0.145. The number of carbonyl (C=O) groups excluding carboxylic acids is 1. The van der Waals surface area contributed by atoms with Gasteiger partial charge in [0, 0.05) is 12.6 Å². The van der Waals surface area contributed by atoms with Crippen LogP contribution in [0.4, 0.5) is 0 Å². The Labute approximate surface area is 103 Å². The van der Waals surface area contributed by atoms with Crippen LogP contribution in [0.15, 0.2) is 0 Å². The Morgan fingerprint density at radius 2 is 2.19 bits per heavy atom. The van der Waals surface area contributed by atoms with Crippen LogP contribution in [0.3, 0.4) is 0 Å². The van der Waals surface area contributed by atoms with Crippen molar-refractivity contribution in [1.82, 2.24) is 5.32 Å². The SMILES string of the molecule is CC1(CNC(=O)C2COCC2N)CCC1.Cl. The number of hydrogen-bond acceptors (Lipinski definition) is 3. The second-order valence-corrected chi connectivity index (χ2v) is 5.19. The largest absolute Gasteiger partial charge is 0.379 e. The quantitative estimate of drug-likeness (QED) is 0.773. The molecule has 5 heteroatoms. The maximum atomic E-state index is 11.8. The maximum absolute atomic E-state index is 11.8. The van der Waals surface area contributed by atoms with Crippen molar-refractivity contribution in [3.63, 3.8) is 0 Å². The van der Waals surface area contributed by atoms with Crippen LogP contribution in [0.25, 0.3) is 0 Å². The van der Waals surface area contributed by atoms with E-state index in [0.29, 0.717) is 18.6 Å². The van der Waals surface area contributed by atoms with Gasteiger partial charge in [-0.2, -0.15) is 0 Å². The fraction of sp³-hybridized carbons (Fsp3) is 0.909. The fourth-order valence-corrected chi connectivity index (χ4v) is 2.23. The highest BCUT2D eigenvalue weighted by Crippen LogP contribution is 2.39. The summed E-state index contributed by atoms with van der Waals surface area (Å²) in [5.41, 5.74) is 6.11. The van der Waals surface area contributed by atoms with Crippen molar-refractivity contribution in [3.05, 3.63) is 0 Å². The number of halogens is 1. The number of rotatable bonds is 3. The van der Waals surface area contributed by atoms with E-state index in [-0.39, 0.29) is 30.3 Å². The summed E-state index contributed by atoms with van der Waals surface area (Å²) >= 11 is 0. The number of carbonyl (C=O) groups is 1. The molecule has 2 rings (SSSR count). The molecule has 1 aliphatic carbocycles. The van der Waals surface area contributed by atoms with Crippen LogP contribution >= 0.6 is 12.4 Å². The summed E-state index contributed by atoms with van der Waals surface area (Å²) in [6.07, 6.45) is 3.74. The molecule has 1 amide bonds. The van der Waals surface area contributed by atoms with Gasteiger partial charge in [0.25, 0.3) is 0 Å². The van der Waals surface area contributed by atoms with E-state index in [9.17, 15) is 4.79 Å². The van der Waals surface area contributed by atoms with Gasteiger partial charge in [-0.1, -0.05) is 13.3 Å². The average Bonchev–Trinajstić information content (AvgIpc) is 2.58. The maximum Gasteiger partial charge on any atom is 0.227 e. The van der Waals surface area contributed by atoms with Crippen molar-refractivity contribution >= 4 is 18.3 Å². The van der Waals surface area contributed by atoms with E-state index in [0.717, 1.165) is 6.54 Å². The van der Waals surface area contributed by atoms with Crippen LogP contribution in [-0.2, 0) is 9.53 Å². The molecule has 1 heterocycles. The van der Waals surface area contributed by atoms with Crippen LogP contribution in [-0.4, -0.2) is 31.7 Å². The van der Waals surface area contributed by atoms with Gasteiger partial charge in [-0.25, -0.2) is 0 Å². The molecule has 0 aromatic heterocycles. The van der Waals surface area contributed by atoms with Gasteiger partial charge in [-0.15, -0.1) is 12.4 Å². The van der Waals surface area contributed by atoms with E-state index in [1.165, 1.54) is 19.3 Å². The predicted molar refractivity (Wildman–Crippen MR) is 64.5 cm³/mol. The fourth-order valence-electron chi connectivity index (χ4n) is 2.23. The predicted octanol–water partition coefficient (Wildman–Crippen LogP) is 0.688. The zero-order chi connectivity index (χ0) is 10.9. The van der Waals surface area contributed by atoms with Gasteiger partial charge in [0.15, 0.2) is 0 Å². The number of hydrogen-bond donors (Lipinski definition) is 2. The molecular formula is C11H21ClN2O2. The monoisotopic (exact) mass is 248 g/mol. The van der Waals surface area contributed by atoms with Gasteiger partial charge < -0.3 is 15.8 Å². The Morgan fingerprint density at radius 3 is 2.62 bits per heavy atom. The van der Waals surface area contributed by atoms with Gasteiger partial charge in [0.2, 0.25) is 5.91 Å². The highest BCUT2D eigenvalue weighted by atomic mass is 35.5. The third kappa shape index (κ3) is 2.87. The van der Waals surface area contributed by atoms with E-state index in [1.807, 2.05) is 0 Å². The first kappa shape index (κ1) is 13.7. The van der Waals surface area contributed by atoms with Gasteiger partial charge in [0.1, 0.15) is 0 Å². The number of nitrogens with two attached hydrogens (primary N) is 1. The Hall–Kier alpha value is -0.320. The highest BCUT2D eigenvalue weighted by Gasteiger charge is 2.35. The molecule has 1 saturated heterocycles. The Bertz CT molecular complexity index is 256. The van der Waals surface area contributed by atoms with Crippen molar-refractivity contribution in [3.8, 4) is 0 Å². The molecule has 94 valence electrons. The summed E-state index contributed by atoms with van der Waals surface area (Å²) in [7, 11) is 0. The molecule has 3 N–H and O–H groups in total. The van der Waals surface area contributed by atoms with Crippen LogP contribution in [0.5, 0.6) is 0 Å². The lowest BCUT2D eigenvalue weighted by Crippen LogP contribution is -2.46. The molecule has 4 nitrogen and oxygen atoms in total. The van der Waals surface area contributed by atoms with Gasteiger partial charge >= 0.3 is 0 Å².